The average Bonchev–Trinajstić information content (AvgIpc) is 2.51. The summed E-state index contributed by atoms with van der Waals surface area (Å²) >= 11 is 0. The zero-order valence-electron chi connectivity index (χ0n) is 13.0. The minimum absolute atomic E-state index is 0.614. The largest absolute Gasteiger partial charge is 0.494 e. The molecular weight excluding hydrogens is 258 g/mol. The molecule has 21 heavy (non-hydrogen) atoms. The van der Waals surface area contributed by atoms with E-state index < -0.39 is 0 Å². The van der Waals surface area contributed by atoms with Crippen molar-refractivity contribution in [2.24, 2.45) is 0 Å². The Morgan fingerprint density at radius 1 is 1.10 bits per heavy atom. The van der Waals surface area contributed by atoms with Crippen molar-refractivity contribution in [3.05, 3.63) is 59.7 Å². The maximum Gasteiger partial charge on any atom is 0.119 e. The first-order valence-corrected chi connectivity index (χ1v) is 7.76. The van der Waals surface area contributed by atoms with E-state index in [2.05, 4.69) is 44.2 Å². The fourth-order valence-electron chi connectivity index (χ4n) is 2.34. The van der Waals surface area contributed by atoms with Gasteiger partial charge in [-0.05, 0) is 60.6 Å². The molecule has 2 heteroatoms. The summed E-state index contributed by atoms with van der Waals surface area (Å²) in [5, 5.41) is 0. The topological polar surface area (TPSA) is 35.2 Å². The molecule has 0 aromatic heterocycles. The molecule has 1 unspecified atom stereocenters. The van der Waals surface area contributed by atoms with E-state index in [1.165, 1.54) is 17.5 Å². The minimum Gasteiger partial charge on any atom is -0.494 e. The molecule has 0 aliphatic heterocycles. The standard InChI is InChI=1S/C19H25NO/c1-3-15(2)17-9-11-19(12-10-17)21-13-5-7-16-6-4-8-18(20)14-16/h4,6,8-12,14-15H,3,5,7,13,20H2,1-2H3. The molecule has 2 aromatic rings. The third kappa shape index (κ3) is 4.82. The van der Waals surface area contributed by atoms with Crippen LogP contribution in [0.4, 0.5) is 5.69 Å². The van der Waals surface area contributed by atoms with Gasteiger partial charge in [-0.3, -0.25) is 0 Å². The molecule has 2 N–H and O–H groups in total. The Morgan fingerprint density at radius 2 is 1.86 bits per heavy atom. The van der Waals surface area contributed by atoms with Crippen molar-refractivity contribution in [1.82, 2.24) is 0 Å². The second kappa shape index (κ2) is 7.72. The van der Waals surface area contributed by atoms with E-state index in [1.54, 1.807) is 0 Å². The monoisotopic (exact) mass is 283 g/mol. The Bertz CT molecular complexity index is 548. The van der Waals surface area contributed by atoms with Gasteiger partial charge in [0.25, 0.3) is 0 Å². The lowest BCUT2D eigenvalue weighted by atomic mass is 9.99. The first-order valence-electron chi connectivity index (χ1n) is 7.76. The van der Waals surface area contributed by atoms with E-state index in [0.29, 0.717) is 5.92 Å². The van der Waals surface area contributed by atoms with Crippen LogP contribution >= 0.6 is 0 Å². The van der Waals surface area contributed by atoms with Crippen LogP contribution in [0.2, 0.25) is 0 Å². The Kier molecular flexibility index (Phi) is 5.68. The summed E-state index contributed by atoms with van der Waals surface area (Å²) < 4.78 is 5.80. The van der Waals surface area contributed by atoms with Crippen LogP contribution < -0.4 is 10.5 Å². The summed E-state index contributed by atoms with van der Waals surface area (Å²) in [4.78, 5) is 0. The van der Waals surface area contributed by atoms with Crippen LogP contribution in [0.3, 0.4) is 0 Å². The van der Waals surface area contributed by atoms with Crippen LogP contribution in [0.15, 0.2) is 48.5 Å². The van der Waals surface area contributed by atoms with Crippen LogP contribution in [0.1, 0.15) is 43.7 Å². The van der Waals surface area contributed by atoms with E-state index in [0.717, 1.165) is 30.9 Å². The molecule has 112 valence electrons. The van der Waals surface area contributed by atoms with Gasteiger partial charge in [0, 0.05) is 5.69 Å². The molecule has 0 aliphatic carbocycles. The molecule has 0 spiro atoms. The molecule has 0 saturated carbocycles. The number of aryl methyl sites for hydroxylation is 1. The fraction of sp³-hybridized carbons (Fsp3) is 0.368. The van der Waals surface area contributed by atoms with Crippen molar-refractivity contribution in [3.63, 3.8) is 0 Å². The zero-order valence-corrected chi connectivity index (χ0v) is 13.0. The van der Waals surface area contributed by atoms with Gasteiger partial charge in [-0.2, -0.15) is 0 Å². The third-order valence-corrected chi connectivity index (χ3v) is 3.89. The maximum atomic E-state index is 5.80. The molecule has 0 bridgehead atoms. The van der Waals surface area contributed by atoms with Crippen molar-refractivity contribution in [2.75, 3.05) is 12.3 Å². The summed E-state index contributed by atoms with van der Waals surface area (Å²) in [6.07, 6.45) is 3.16. The molecule has 2 rings (SSSR count). The summed E-state index contributed by atoms with van der Waals surface area (Å²) in [5.74, 6) is 1.57. The van der Waals surface area contributed by atoms with E-state index in [4.69, 9.17) is 10.5 Å². The van der Waals surface area contributed by atoms with Crippen molar-refractivity contribution < 1.29 is 4.74 Å². The van der Waals surface area contributed by atoms with Gasteiger partial charge in [0.2, 0.25) is 0 Å². The lowest BCUT2D eigenvalue weighted by Crippen LogP contribution is -2.00. The van der Waals surface area contributed by atoms with E-state index >= 15 is 0 Å². The van der Waals surface area contributed by atoms with Crippen molar-refractivity contribution in [3.8, 4) is 5.75 Å². The normalized spacial score (nSPS) is 12.1. The summed E-state index contributed by atoms with van der Waals surface area (Å²) in [6.45, 7) is 5.20. The summed E-state index contributed by atoms with van der Waals surface area (Å²) in [7, 11) is 0. The Morgan fingerprint density at radius 3 is 2.52 bits per heavy atom. The van der Waals surface area contributed by atoms with E-state index in [9.17, 15) is 0 Å². The molecule has 0 heterocycles. The predicted molar refractivity (Wildman–Crippen MR) is 89.8 cm³/mol. The number of rotatable bonds is 7. The van der Waals surface area contributed by atoms with Gasteiger partial charge < -0.3 is 10.5 Å². The number of hydrogen-bond acceptors (Lipinski definition) is 2. The molecule has 1 atom stereocenters. The lowest BCUT2D eigenvalue weighted by molar-refractivity contribution is 0.311. The molecule has 2 nitrogen and oxygen atoms in total. The first kappa shape index (κ1) is 15.4. The first-order chi connectivity index (χ1) is 10.2. The molecule has 0 fully saturated rings. The van der Waals surface area contributed by atoms with E-state index in [-0.39, 0.29) is 0 Å². The number of nitrogens with two attached hydrogens (primary N) is 1. The maximum absolute atomic E-state index is 5.80. The predicted octanol–water partition coefficient (Wildman–Crippen LogP) is 4.79. The van der Waals surface area contributed by atoms with Crippen LogP contribution in [0.5, 0.6) is 5.75 Å². The van der Waals surface area contributed by atoms with Crippen LogP contribution in [-0.2, 0) is 6.42 Å². The van der Waals surface area contributed by atoms with Gasteiger partial charge in [-0.1, -0.05) is 38.1 Å². The highest BCUT2D eigenvalue weighted by molar-refractivity contribution is 5.40. The van der Waals surface area contributed by atoms with Gasteiger partial charge >= 0.3 is 0 Å². The molecule has 0 aliphatic rings. The second-order valence-electron chi connectivity index (χ2n) is 5.58. The van der Waals surface area contributed by atoms with Crippen LogP contribution in [0.25, 0.3) is 0 Å². The van der Waals surface area contributed by atoms with Crippen LogP contribution in [0, 0.1) is 0 Å². The zero-order chi connectivity index (χ0) is 15.1. The van der Waals surface area contributed by atoms with E-state index in [1.807, 2.05) is 18.2 Å². The number of nitrogen functional groups attached to an aromatic ring is 1. The van der Waals surface area contributed by atoms with Crippen molar-refractivity contribution in [2.45, 2.75) is 39.0 Å². The quantitative estimate of drug-likeness (QED) is 0.585. The Hall–Kier alpha value is -1.96. The average molecular weight is 283 g/mol. The fourth-order valence-corrected chi connectivity index (χ4v) is 2.34. The van der Waals surface area contributed by atoms with Gasteiger partial charge in [-0.15, -0.1) is 0 Å². The number of ether oxygens (including phenoxy) is 1. The molecule has 0 saturated heterocycles. The number of hydrogen-bond donors (Lipinski definition) is 1. The molecule has 0 radical (unpaired) electrons. The van der Waals surface area contributed by atoms with Crippen molar-refractivity contribution in [1.29, 1.82) is 0 Å². The summed E-state index contributed by atoms with van der Waals surface area (Å²) in [6, 6.07) is 16.5. The Labute approximate surface area is 127 Å². The Balaban J connectivity index is 1.76. The van der Waals surface area contributed by atoms with Gasteiger partial charge in [-0.25, -0.2) is 0 Å². The smallest absolute Gasteiger partial charge is 0.119 e. The molecular formula is C19H25NO. The lowest BCUT2D eigenvalue weighted by Gasteiger charge is -2.11. The highest BCUT2D eigenvalue weighted by Gasteiger charge is 2.02. The van der Waals surface area contributed by atoms with Gasteiger partial charge in [0.15, 0.2) is 0 Å². The van der Waals surface area contributed by atoms with Crippen LogP contribution in [-0.4, -0.2) is 6.61 Å². The summed E-state index contributed by atoms with van der Waals surface area (Å²) in [5.41, 5.74) is 9.25. The number of anilines is 1. The molecule has 2 aromatic carbocycles. The molecule has 0 amide bonds. The second-order valence-corrected chi connectivity index (χ2v) is 5.58. The highest BCUT2D eigenvalue weighted by Crippen LogP contribution is 2.21. The third-order valence-electron chi connectivity index (χ3n) is 3.89. The van der Waals surface area contributed by atoms with Gasteiger partial charge in [0.05, 0.1) is 6.61 Å². The highest BCUT2D eigenvalue weighted by atomic mass is 16.5. The minimum atomic E-state index is 0.614. The number of benzene rings is 2. The SMILES string of the molecule is CCC(C)c1ccc(OCCCc2cccc(N)c2)cc1. The van der Waals surface area contributed by atoms with Gasteiger partial charge in [0.1, 0.15) is 5.75 Å². The van der Waals surface area contributed by atoms with Crippen molar-refractivity contribution >= 4 is 5.69 Å².